The lowest BCUT2D eigenvalue weighted by molar-refractivity contribution is 0.602. The van der Waals surface area contributed by atoms with Crippen molar-refractivity contribution in [3.05, 3.63) is 0 Å². The van der Waals surface area contributed by atoms with E-state index in [0.717, 1.165) is 19.3 Å². The Kier molecular flexibility index (Phi) is 6.38. The van der Waals surface area contributed by atoms with E-state index in [-0.39, 0.29) is 5.75 Å². The van der Waals surface area contributed by atoms with Crippen LogP contribution < -0.4 is 0 Å². The van der Waals surface area contributed by atoms with Crippen LogP contribution in [0, 0.1) is 0 Å². The first-order chi connectivity index (χ1) is 5.06. The Balaban J connectivity index is 3.16. The maximum Gasteiger partial charge on any atom is 0.232 e. The second-order valence-corrected chi connectivity index (χ2v) is 5.62. The van der Waals surface area contributed by atoms with Crippen molar-refractivity contribution in [2.45, 2.75) is 25.7 Å². The van der Waals surface area contributed by atoms with E-state index in [1.165, 1.54) is 0 Å². The maximum atomic E-state index is 10.4. The van der Waals surface area contributed by atoms with Gasteiger partial charge in [-0.3, -0.25) is 0 Å². The molecule has 0 fully saturated rings. The van der Waals surface area contributed by atoms with Gasteiger partial charge in [-0.05, 0) is 12.8 Å². The van der Waals surface area contributed by atoms with Gasteiger partial charge in [0.05, 0.1) is 5.75 Å². The molecule has 0 amide bonds. The lowest BCUT2D eigenvalue weighted by atomic mass is 10.2. The van der Waals surface area contributed by atoms with E-state index in [0.29, 0.717) is 12.3 Å². The van der Waals surface area contributed by atoms with Crippen molar-refractivity contribution in [3.8, 4) is 0 Å². The number of hydrogen-bond donors (Lipinski definition) is 0. The molecule has 0 heterocycles. The first kappa shape index (κ1) is 11.5. The summed E-state index contributed by atoms with van der Waals surface area (Å²) in [5.41, 5.74) is 0. The molecule has 0 aromatic carbocycles. The summed E-state index contributed by atoms with van der Waals surface area (Å²) in [6.45, 7) is 0. The second kappa shape index (κ2) is 6.09. The summed E-state index contributed by atoms with van der Waals surface area (Å²) >= 11 is 5.43. The first-order valence-corrected chi connectivity index (χ1v) is 6.56. The summed E-state index contributed by atoms with van der Waals surface area (Å²) in [6, 6.07) is 0. The van der Waals surface area contributed by atoms with Gasteiger partial charge in [0.15, 0.2) is 0 Å². The first-order valence-electron chi connectivity index (χ1n) is 3.54. The van der Waals surface area contributed by atoms with Gasteiger partial charge >= 0.3 is 0 Å². The Morgan fingerprint density at radius 1 is 1.00 bits per heavy atom. The third-order valence-corrected chi connectivity index (χ3v) is 2.78. The van der Waals surface area contributed by atoms with E-state index in [1.807, 2.05) is 0 Å². The van der Waals surface area contributed by atoms with Crippen molar-refractivity contribution in [3.63, 3.8) is 0 Å². The quantitative estimate of drug-likeness (QED) is 0.390. The van der Waals surface area contributed by atoms with Gasteiger partial charge in [0.2, 0.25) is 9.05 Å². The van der Waals surface area contributed by atoms with Crippen molar-refractivity contribution in [1.29, 1.82) is 0 Å². The average molecular weight is 219 g/mol. The summed E-state index contributed by atoms with van der Waals surface area (Å²) in [5.74, 6) is 0.727. The van der Waals surface area contributed by atoms with Gasteiger partial charge in [0, 0.05) is 16.6 Å². The van der Waals surface area contributed by atoms with Crippen molar-refractivity contribution in [2.24, 2.45) is 0 Å². The van der Waals surface area contributed by atoms with Gasteiger partial charge in [-0.15, -0.1) is 11.6 Å². The molecule has 11 heavy (non-hydrogen) atoms. The lowest BCUT2D eigenvalue weighted by Crippen LogP contribution is -1.96. The van der Waals surface area contributed by atoms with E-state index < -0.39 is 9.05 Å². The summed E-state index contributed by atoms with van der Waals surface area (Å²) in [6.07, 6.45) is 3.46. The molecule has 0 spiro atoms. The normalized spacial score (nSPS) is 11.8. The molecule has 2 nitrogen and oxygen atoms in total. The van der Waals surface area contributed by atoms with Crippen LogP contribution in [0.5, 0.6) is 0 Å². The van der Waals surface area contributed by atoms with Gasteiger partial charge in [-0.2, -0.15) is 0 Å². The van der Waals surface area contributed by atoms with Crippen LogP contribution in [0.4, 0.5) is 0 Å². The topological polar surface area (TPSA) is 34.1 Å². The van der Waals surface area contributed by atoms with Gasteiger partial charge in [0.1, 0.15) is 0 Å². The highest BCUT2D eigenvalue weighted by Crippen LogP contribution is 2.05. The molecule has 0 unspecified atom stereocenters. The minimum Gasteiger partial charge on any atom is -0.212 e. The Labute approximate surface area is 77.3 Å². The molecule has 0 N–H and O–H groups in total. The summed E-state index contributed by atoms with van der Waals surface area (Å²) in [4.78, 5) is 0. The molecule has 0 aliphatic carbocycles. The molecule has 0 radical (unpaired) electrons. The number of rotatable bonds is 6. The standard InChI is InChI=1S/C6H12Cl2O2S/c7-5-3-1-2-4-6-11(8,9)10/h1-6H2. The van der Waals surface area contributed by atoms with E-state index in [2.05, 4.69) is 0 Å². The van der Waals surface area contributed by atoms with Crippen LogP contribution in [0.3, 0.4) is 0 Å². The molecule has 0 atom stereocenters. The van der Waals surface area contributed by atoms with Crippen LogP contribution in [0.15, 0.2) is 0 Å². The van der Waals surface area contributed by atoms with Crippen LogP contribution in [0.25, 0.3) is 0 Å². The van der Waals surface area contributed by atoms with E-state index >= 15 is 0 Å². The van der Waals surface area contributed by atoms with Gasteiger partial charge in [-0.25, -0.2) is 8.42 Å². The predicted molar refractivity (Wildman–Crippen MR) is 48.8 cm³/mol. The van der Waals surface area contributed by atoms with E-state index in [1.54, 1.807) is 0 Å². The predicted octanol–water partition coefficient (Wildman–Crippen LogP) is 2.35. The molecule has 0 rings (SSSR count). The lowest BCUT2D eigenvalue weighted by Gasteiger charge is -1.95. The third kappa shape index (κ3) is 10.5. The fraction of sp³-hybridized carbons (Fsp3) is 1.00. The van der Waals surface area contributed by atoms with Crippen LogP contribution in [0.1, 0.15) is 25.7 Å². The fourth-order valence-electron chi connectivity index (χ4n) is 0.723. The zero-order chi connectivity index (χ0) is 8.74. The highest BCUT2D eigenvalue weighted by Gasteiger charge is 2.02. The fourth-order valence-corrected chi connectivity index (χ4v) is 1.79. The maximum absolute atomic E-state index is 10.4. The molecular formula is C6H12Cl2O2S. The van der Waals surface area contributed by atoms with Gasteiger partial charge in [0.25, 0.3) is 0 Å². The number of halogens is 2. The molecular weight excluding hydrogens is 207 g/mol. The van der Waals surface area contributed by atoms with Crippen molar-refractivity contribution in [1.82, 2.24) is 0 Å². The Morgan fingerprint density at radius 2 is 1.55 bits per heavy atom. The molecule has 5 heteroatoms. The highest BCUT2D eigenvalue weighted by atomic mass is 35.7. The monoisotopic (exact) mass is 218 g/mol. The molecule has 0 saturated heterocycles. The zero-order valence-corrected chi connectivity index (χ0v) is 8.55. The Hall–Kier alpha value is 0.530. The highest BCUT2D eigenvalue weighted by molar-refractivity contribution is 8.13. The smallest absolute Gasteiger partial charge is 0.212 e. The summed E-state index contributed by atoms with van der Waals surface area (Å²) < 4.78 is 20.8. The number of unbranched alkanes of at least 4 members (excludes halogenated alkanes) is 3. The minimum absolute atomic E-state index is 0.0802. The Bertz CT molecular complexity index is 177. The number of hydrogen-bond acceptors (Lipinski definition) is 2. The SMILES string of the molecule is O=S(=O)(Cl)CCCCCCCl. The molecule has 0 aromatic rings. The van der Waals surface area contributed by atoms with Crippen LogP contribution >= 0.6 is 22.3 Å². The van der Waals surface area contributed by atoms with Crippen molar-refractivity contribution in [2.75, 3.05) is 11.6 Å². The van der Waals surface area contributed by atoms with Crippen molar-refractivity contribution < 1.29 is 8.42 Å². The minimum atomic E-state index is -3.27. The van der Waals surface area contributed by atoms with Gasteiger partial charge < -0.3 is 0 Å². The second-order valence-electron chi connectivity index (χ2n) is 2.35. The zero-order valence-electron chi connectivity index (χ0n) is 6.22. The van der Waals surface area contributed by atoms with Gasteiger partial charge in [-0.1, -0.05) is 12.8 Å². The third-order valence-electron chi connectivity index (χ3n) is 1.27. The summed E-state index contributed by atoms with van der Waals surface area (Å²) in [5, 5.41) is 0. The Morgan fingerprint density at radius 3 is 2.00 bits per heavy atom. The number of alkyl halides is 1. The molecule has 68 valence electrons. The van der Waals surface area contributed by atoms with Crippen LogP contribution in [-0.2, 0) is 9.05 Å². The van der Waals surface area contributed by atoms with E-state index in [9.17, 15) is 8.42 Å². The van der Waals surface area contributed by atoms with Crippen molar-refractivity contribution >= 4 is 31.3 Å². The largest absolute Gasteiger partial charge is 0.232 e. The summed E-state index contributed by atoms with van der Waals surface area (Å²) in [7, 11) is 1.72. The molecule has 0 saturated carbocycles. The van der Waals surface area contributed by atoms with Crippen LogP contribution in [0.2, 0.25) is 0 Å². The molecule has 0 aliphatic heterocycles. The molecule has 0 bridgehead atoms. The van der Waals surface area contributed by atoms with Crippen LogP contribution in [-0.4, -0.2) is 20.1 Å². The molecule has 0 aromatic heterocycles. The van der Waals surface area contributed by atoms with E-state index in [4.69, 9.17) is 22.3 Å². The molecule has 0 aliphatic rings. The average Bonchev–Trinajstić information content (AvgIpc) is 1.85.